The molecular weight excluding hydrogens is 364 g/mol. The molecular formula is C23H30N4O2. The van der Waals surface area contributed by atoms with E-state index in [4.69, 9.17) is 0 Å². The first kappa shape index (κ1) is 21.0. The van der Waals surface area contributed by atoms with Crippen molar-refractivity contribution in [2.75, 3.05) is 26.2 Å². The largest absolute Gasteiger partial charge is 0.356 e. The summed E-state index contributed by atoms with van der Waals surface area (Å²) in [5, 5.41) is 13.0. The van der Waals surface area contributed by atoms with Gasteiger partial charge >= 0.3 is 0 Å². The lowest BCUT2D eigenvalue weighted by atomic mass is 9.93. The lowest BCUT2D eigenvalue weighted by molar-refractivity contribution is -0.121. The van der Waals surface area contributed by atoms with Crippen molar-refractivity contribution < 1.29 is 9.59 Å². The van der Waals surface area contributed by atoms with Crippen LogP contribution in [0.5, 0.6) is 0 Å². The van der Waals surface area contributed by atoms with Gasteiger partial charge in [-0.05, 0) is 17.5 Å². The normalized spacial score (nSPS) is 22.6. The smallest absolute Gasteiger partial charge is 0.221 e. The molecule has 1 aliphatic rings. The molecule has 6 heteroatoms. The third kappa shape index (κ3) is 6.69. The summed E-state index contributed by atoms with van der Waals surface area (Å²) in [6.45, 7) is 2.30. The second-order valence-electron chi connectivity index (χ2n) is 7.24. The van der Waals surface area contributed by atoms with Gasteiger partial charge in [0.25, 0.3) is 0 Å². The number of carbonyl (C=O) groups is 2. The van der Waals surface area contributed by atoms with Gasteiger partial charge in [-0.25, -0.2) is 0 Å². The Balaban J connectivity index is 1.85. The second kappa shape index (κ2) is 11.3. The monoisotopic (exact) mass is 394 g/mol. The standard InChI is InChI=1S/C23H30N4O2/c28-20-12-16-26-22(18-8-3-1-4-9-18)23(19-10-5-2-6-11-19)27-17-13-21(29)25-15-7-14-24-20/h1-6,8-11,22-23,26-27H,7,12-17H2,(H,24,28)(H,25,29)/t22-,23?/m0/s1. The van der Waals surface area contributed by atoms with E-state index in [0.29, 0.717) is 39.0 Å². The molecule has 2 amide bonds. The zero-order valence-corrected chi connectivity index (χ0v) is 16.7. The van der Waals surface area contributed by atoms with Gasteiger partial charge in [-0.15, -0.1) is 0 Å². The molecule has 29 heavy (non-hydrogen) atoms. The van der Waals surface area contributed by atoms with Crippen LogP contribution in [0.1, 0.15) is 42.5 Å². The summed E-state index contributed by atoms with van der Waals surface area (Å²) in [5.74, 6) is 0.0458. The molecule has 1 saturated heterocycles. The van der Waals surface area contributed by atoms with E-state index < -0.39 is 0 Å². The number of hydrogen-bond donors (Lipinski definition) is 4. The van der Waals surface area contributed by atoms with Crippen LogP contribution >= 0.6 is 0 Å². The highest BCUT2D eigenvalue weighted by Crippen LogP contribution is 2.29. The third-order valence-electron chi connectivity index (χ3n) is 5.08. The fourth-order valence-electron chi connectivity index (χ4n) is 3.58. The van der Waals surface area contributed by atoms with Crippen molar-refractivity contribution in [2.24, 2.45) is 0 Å². The van der Waals surface area contributed by atoms with Crippen molar-refractivity contribution >= 4 is 11.8 Å². The van der Waals surface area contributed by atoms with Crippen LogP contribution < -0.4 is 21.3 Å². The van der Waals surface area contributed by atoms with Crippen LogP contribution in [0.4, 0.5) is 0 Å². The molecule has 2 atom stereocenters. The number of rotatable bonds is 2. The van der Waals surface area contributed by atoms with Crippen LogP contribution in [0.2, 0.25) is 0 Å². The van der Waals surface area contributed by atoms with Crippen molar-refractivity contribution in [3.63, 3.8) is 0 Å². The van der Waals surface area contributed by atoms with Crippen molar-refractivity contribution in [1.82, 2.24) is 21.3 Å². The second-order valence-corrected chi connectivity index (χ2v) is 7.24. The number of carbonyl (C=O) groups excluding carboxylic acids is 2. The van der Waals surface area contributed by atoms with Crippen LogP contribution in [0.25, 0.3) is 0 Å². The summed E-state index contributed by atoms with van der Waals surface area (Å²) in [4.78, 5) is 24.3. The molecule has 0 radical (unpaired) electrons. The first-order valence-electron chi connectivity index (χ1n) is 10.3. The average molecular weight is 395 g/mol. The van der Waals surface area contributed by atoms with E-state index in [9.17, 15) is 9.59 Å². The van der Waals surface area contributed by atoms with Gasteiger partial charge in [-0.1, -0.05) is 60.7 Å². The molecule has 0 spiro atoms. The fraction of sp³-hybridized carbons (Fsp3) is 0.391. The molecule has 4 N–H and O–H groups in total. The Hall–Kier alpha value is -2.70. The van der Waals surface area contributed by atoms with Gasteiger partial charge in [0.15, 0.2) is 0 Å². The molecule has 6 nitrogen and oxygen atoms in total. The maximum absolute atomic E-state index is 12.1. The van der Waals surface area contributed by atoms with Gasteiger partial charge in [0.2, 0.25) is 11.8 Å². The zero-order valence-electron chi connectivity index (χ0n) is 16.7. The lowest BCUT2D eigenvalue weighted by Gasteiger charge is -2.30. The van der Waals surface area contributed by atoms with Crippen LogP contribution in [0.15, 0.2) is 60.7 Å². The van der Waals surface area contributed by atoms with E-state index in [2.05, 4.69) is 45.5 Å². The van der Waals surface area contributed by atoms with Gasteiger partial charge in [-0.2, -0.15) is 0 Å². The zero-order chi connectivity index (χ0) is 20.3. The Morgan fingerprint density at radius 2 is 1.00 bits per heavy atom. The molecule has 2 aromatic carbocycles. The van der Waals surface area contributed by atoms with Crippen molar-refractivity contribution in [3.05, 3.63) is 71.8 Å². The lowest BCUT2D eigenvalue weighted by Crippen LogP contribution is -2.38. The van der Waals surface area contributed by atoms with Crippen molar-refractivity contribution in [3.8, 4) is 0 Å². The Morgan fingerprint density at radius 3 is 1.41 bits per heavy atom. The molecule has 0 aromatic heterocycles. The first-order valence-corrected chi connectivity index (χ1v) is 10.3. The highest BCUT2D eigenvalue weighted by Gasteiger charge is 2.24. The summed E-state index contributed by atoms with van der Waals surface area (Å²) < 4.78 is 0. The van der Waals surface area contributed by atoms with E-state index >= 15 is 0 Å². The van der Waals surface area contributed by atoms with E-state index in [-0.39, 0.29) is 23.9 Å². The summed E-state index contributed by atoms with van der Waals surface area (Å²) in [6.07, 6.45) is 1.56. The number of hydrogen-bond acceptors (Lipinski definition) is 4. The highest BCUT2D eigenvalue weighted by atomic mass is 16.2. The summed E-state index contributed by atoms with van der Waals surface area (Å²) in [7, 11) is 0. The molecule has 1 aliphatic heterocycles. The number of nitrogens with one attached hydrogen (secondary N) is 4. The fourth-order valence-corrected chi connectivity index (χ4v) is 3.58. The average Bonchev–Trinajstić information content (AvgIpc) is 2.76. The molecule has 154 valence electrons. The van der Waals surface area contributed by atoms with E-state index in [0.717, 1.165) is 17.5 Å². The Bertz CT molecular complexity index is 701. The predicted molar refractivity (Wildman–Crippen MR) is 114 cm³/mol. The highest BCUT2D eigenvalue weighted by molar-refractivity contribution is 5.76. The van der Waals surface area contributed by atoms with Crippen LogP contribution in [-0.2, 0) is 9.59 Å². The maximum atomic E-state index is 12.1. The van der Waals surface area contributed by atoms with Gasteiger partial charge in [-0.3, -0.25) is 9.59 Å². The van der Waals surface area contributed by atoms with Crippen molar-refractivity contribution in [2.45, 2.75) is 31.3 Å². The minimum absolute atomic E-state index is 0.0229. The SMILES string of the molecule is O=C1CCNC(c2ccccc2)[C@H](c2ccccc2)NCCC(=O)NCCCN1. The number of amides is 2. The third-order valence-corrected chi connectivity index (χ3v) is 5.08. The van der Waals surface area contributed by atoms with Gasteiger partial charge in [0.05, 0.1) is 12.1 Å². The Kier molecular flexibility index (Phi) is 8.22. The van der Waals surface area contributed by atoms with Crippen LogP contribution in [0.3, 0.4) is 0 Å². The van der Waals surface area contributed by atoms with Gasteiger partial charge in [0.1, 0.15) is 0 Å². The quantitative estimate of drug-likeness (QED) is 0.629. The summed E-state index contributed by atoms with van der Waals surface area (Å²) in [5.41, 5.74) is 2.28. The van der Waals surface area contributed by atoms with Gasteiger partial charge < -0.3 is 21.3 Å². The first-order chi connectivity index (χ1) is 14.2. The summed E-state index contributed by atoms with van der Waals surface area (Å²) in [6, 6.07) is 20.4. The number of benzene rings is 2. The summed E-state index contributed by atoms with van der Waals surface area (Å²) >= 11 is 0. The maximum Gasteiger partial charge on any atom is 0.221 e. The Morgan fingerprint density at radius 1 is 0.586 bits per heavy atom. The Labute approximate surface area is 172 Å². The molecule has 1 unspecified atom stereocenters. The molecule has 0 bridgehead atoms. The molecule has 0 aliphatic carbocycles. The molecule has 0 saturated carbocycles. The minimum atomic E-state index is -0.0282. The molecule has 3 rings (SSSR count). The van der Waals surface area contributed by atoms with E-state index in [1.807, 2.05) is 36.4 Å². The van der Waals surface area contributed by atoms with E-state index in [1.54, 1.807) is 0 Å². The predicted octanol–water partition coefficient (Wildman–Crippen LogP) is 2.06. The van der Waals surface area contributed by atoms with Crippen molar-refractivity contribution in [1.29, 1.82) is 0 Å². The van der Waals surface area contributed by atoms with Crippen LogP contribution in [-0.4, -0.2) is 38.0 Å². The molecule has 1 fully saturated rings. The van der Waals surface area contributed by atoms with Gasteiger partial charge in [0, 0.05) is 39.0 Å². The van der Waals surface area contributed by atoms with Crippen LogP contribution in [0, 0.1) is 0 Å². The topological polar surface area (TPSA) is 82.3 Å². The van der Waals surface area contributed by atoms with E-state index in [1.165, 1.54) is 0 Å². The minimum Gasteiger partial charge on any atom is -0.356 e. The molecule has 1 heterocycles. The molecule has 2 aromatic rings.